The number of thiazole rings is 1. The van der Waals surface area contributed by atoms with E-state index in [9.17, 15) is 14.7 Å². The number of carbonyl (C=O) groups is 2. The lowest BCUT2D eigenvalue weighted by atomic mass is 9.95. The minimum absolute atomic E-state index is 0.0522. The number of aryl methyl sites for hydroxylation is 1. The molecule has 1 unspecified atom stereocenters. The molecule has 1 aliphatic heterocycles. The number of rotatable bonds is 10. The molecule has 0 aliphatic carbocycles. The Kier molecular flexibility index (Phi) is 8.61. The molecule has 1 N–H and O–H groups in total. The van der Waals surface area contributed by atoms with E-state index in [0.29, 0.717) is 46.7 Å². The predicted molar refractivity (Wildman–Crippen MR) is 173 cm³/mol. The molecule has 6 rings (SSSR count). The number of aromatic nitrogens is 1. The smallest absolute Gasteiger partial charge is 0.301 e. The van der Waals surface area contributed by atoms with E-state index in [4.69, 9.17) is 14.2 Å². The molecule has 1 amide bonds. The molecule has 5 aromatic rings. The molecule has 1 aliphatic rings. The Morgan fingerprint density at radius 2 is 1.62 bits per heavy atom. The van der Waals surface area contributed by atoms with E-state index in [1.807, 2.05) is 55.5 Å². The summed E-state index contributed by atoms with van der Waals surface area (Å²) < 4.78 is 17.6. The molecule has 0 bridgehead atoms. The van der Waals surface area contributed by atoms with Gasteiger partial charge in [-0.1, -0.05) is 66.2 Å². The highest BCUT2D eigenvalue weighted by Crippen LogP contribution is 2.44. The molecule has 8 nitrogen and oxygen atoms in total. The van der Waals surface area contributed by atoms with Crippen molar-refractivity contribution >= 4 is 33.9 Å². The van der Waals surface area contributed by atoms with Crippen LogP contribution in [0.1, 0.15) is 33.9 Å². The third-order valence-corrected chi connectivity index (χ3v) is 8.20. The molecular formula is C36H30N2O6S. The average Bonchev–Trinajstić information content (AvgIpc) is 3.69. The van der Waals surface area contributed by atoms with Crippen molar-refractivity contribution in [3.05, 3.63) is 142 Å². The van der Waals surface area contributed by atoms with Gasteiger partial charge >= 0.3 is 5.91 Å². The summed E-state index contributed by atoms with van der Waals surface area (Å²) in [7, 11) is 1.52. The van der Waals surface area contributed by atoms with Gasteiger partial charge in [-0.3, -0.25) is 14.5 Å². The van der Waals surface area contributed by atoms with E-state index in [1.165, 1.54) is 23.3 Å². The maximum atomic E-state index is 13.5. The first kappa shape index (κ1) is 29.7. The standard InChI is InChI=1S/C36H30N2O6S/c1-23-7-6-10-25(19-23)22-43-28-14-11-26(12-15-28)33(39)31-32(38(35(41)34(31)40)36-37-17-18-45-36)27-13-16-29(30(20-27)42-2)44-21-24-8-4-3-5-9-24/h3-20,32,39H,21-22H2,1-2H3/b33-31+. The number of carbonyl (C=O) groups excluding carboxylic acids is 2. The Balaban J connectivity index is 1.33. The van der Waals surface area contributed by atoms with Crippen LogP contribution in [0.5, 0.6) is 17.2 Å². The van der Waals surface area contributed by atoms with E-state index in [2.05, 4.69) is 11.1 Å². The zero-order valence-corrected chi connectivity index (χ0v) is 25.5. The van der Waals surface area contributed by atoms with Crippen molar-refractivity contribution in [2.45, 2.75) is 26.2 Å². The van der Waals surface area contributed by atoms with Gasteiger partial charge in [0.15, 0.2) is 16.6 Å². The molecule has 1 fully saturated rings. The normalized spacial score (nSPS) is 15.7. The SMILES string of the molecule is COc1cc(C2/C(=C(\O)c3ccc(OCc4cccc(C)c4)cc3)C(=O)C(=O)N2c2nccs2)ccc1OCc1ccccc1. The van der Waals surface area contributed by atoms with Crippen molar-refractivity contribution in [1.29, 1.82) is 0 Å². The maximum Gasteiger partial charge on any atom is 0.301 e. The number of hydrogen-bond acceptors (Lipinski definition) is 8. The monoisotopic (exact) mass is 618 g/mol. The summed E-state index contributed by atoms with van der Waals surface area (Å²) in [6, 6.07) is 28.8. The van der Waals surface area contributed by atoms with Crippen LogP contribution in [0.2, 0.25) is 0 Å². The minimum atomic E-state index is -0.953. The second-order valence-corrected chi connectivity index (χ2v) is 11.3. The lowest BCUT2D eigenvalue weighted by Crippen LogP contribution is -2.29. The highest BCUT2D eigenvalue weighted by Gasteiger charge is 2.48. The number of ketones is 1. The predicted octanol–water partition coefficient (Wildman–Crippen LogP) is 7.24. The zero-order chi connectivity index (χ0) is 31.3. The second-order valence-electron chi connectivity index (χ2n) is 10.5. The number of anilines is 1. The summed E-state index contributed by atoms with van der Waals surface area (Å²) in [5, 5.41) is 13.6. The van der Waals surface area contributed by atoms with Crippen molar-refractivity contribution in [3.8, 4) is 17.2 Å². The van der Waals surface area contributed by atoms with Gasteiger partial charge in [0.1, 0.15) is 24.7 Å². The van der Waals surface area contributed by atoms with E-state index < -0.39 is 17.7 Å². The number of hydrogen-bond donors (Lipinski definition) is 1. The Morgan fingerprint density at radius 1 is 0.867 bits per heavy atom. The molecule has 0 saturated carbocycles. The molecule has 2 heterocycles. The van der Waals surface area contributed by atoms with Crippen LogP contribution in [0, 0.1) is 6.92 Å². The van der Waals surface area contributed by atoms with E-state index >= 15 is 0 Å². The highest BCUT2D eigenvalue weighted by molar-refractivity contribution is 7.14. The Bertz CT molecular complexity index is 1850. The first-order valence-electron chi connectivity index (χ1n) is 14.3. The van der Waals surface area contributed by atoms with Crippen molar-refractivity contribution in [3.63, 3.8) is 0 Å². The van der Waals surface area contributed by atoms with Crippen LogP contribution in [0.3, 0.4) is 0 Å². The van der Waals surface area contributed by atoms with Gasteiger partial charge in [0, 0.05) is 17.1 Å². The second kappa shape index (κ2) is 13.1. The number of nitrogens with zero attached hydrogens (tertiary/aromatic N) is 2. The van der Waals surface area contributed by atoms with E-state index in [-0.39, 0.29) is 11.3 Å². The molecule has 1 saturated heterocycles. The van der Waals surface area contributed by atoms with Crippen LogP contribution in [-0.2, 0) is 22.8 Å². The lowest BCUT2D eigenvalue weighted by Gasteiger charge is -2.24. The Hall–Kier alpha value is -5.41. The molecule has 45 heavy (non-hydrogen) atoms. The number of ether oxygens (including phenoxy) is 3. The van der Waals surface area contributed by atoms with Crippen molar-refractivity contribution in [2.24, 2.45) is 0 Å². The molecule has 0 spiro atoms. The van der Waals surface area contributed by atoms with Gasteiger partial charge in [-0.15, -0.1) is 11.3 Å². The minimum Gasteiger partial charge on any atom is -0.507 e. The van der Waals surface area contributed by atoms with Gasteiger partial charge in [0.05, 0.1) is 18.7 Å². The van der Waals surface area contributed by atoms with Crippen molar-refractivity contribution < 1.29 is 28.9 Å². The first-order valence-corrected chi connectivity index (χ1v) is 15.1. The fourth-order valence-electron chi connectivity index (χ4n) is 5.22. The van der Waals surface area contributed by atoms with Gasteiger partial charge in [0.25, 0.3) is 5.78 Å². The van der Waals surface area contributed by atoms with Crippen LogP contribution in [0.4, 0.5) is 5.13 Å². The summed E-state index contributed by atoms with van der Waals surface area (Å²) in [4.78, 5) is 32.6. The largest absolute Gasteiger partial charge is 0.507 e. The van der Waals surface area contributed by atoms with Crippen LogP contribution in [0.25, 0.3) is 5.76 Å². The fraction of sp³-hybridized carbons (Fsp3) is 0.139. The third kappa shape index (κ3) is 6.30. The number of Topliss-reactive ketones (excluding diaryl/α,β-unsaturated/α-hetero) is 1. The topological polar surface area (TPSA) is 98.2 Å². The third-order valence-electron chi connectivity index (χ3n) is 7.43. The fourth-order valence-corrected chi connectivity index (χ4v) is 5.89. The van der Waals surface area contributed by atoms with Crippen LogP contribution in [0.15, 0.2) is 114 Å². The summed E-state index contributed by atoms with van der Waals surface area (Å²) in [6.45, 7) is 2.74. The van der Waals surface area contributed by atoms with Crippen LogP contribution < -0.4 is 19.1 Å². The van der Waals surface area contributed by atoms with Crippen molar-refractivity contribution in [1.82, 2.24) is 4.98 Å². The molecule has 226 valence electrons. The Morgan fingerprint density at radius 3 is 2.33 bits per heavy atom. The van der Waals surface area contributed by atoms with Gasteiger partial charge in [-0.2, -0.15) is 0 Å². The van der Waals surface area contributed by atoms with E-state index in [1.54, 1.807) is 54.0 Å². The van der Waals surface area contributed by atoms with Crippen LogP contribution >= 0.6 is 11.3 Å². The highest BCUT2D eigenvalue weighted by atomic mass is 32.1. The molecule has 1 atom stereocenters. The average molecular weight is 619 g/mol. The molecule has 1 aromatic heterocycles. The quantitative estimate of drug-likeness (QED) is 0.100. The number of amides is 1. The lowest BCUT2D eigenvalue weighted by molar-refractivity contribution is -0.132. The van der Waals surface area contributed by atoms with Gasteiger partial charge < -0.3 is 19.3 Å². The molecule has 9 heteroatoms. The molecule has 0 radical (unpaired) electrons. The zero-order valence-electron chi connectivity index (χ0n) is 24.7. The maximum absolute atomic E-state index is 13.5. The summed E-state index contributed by atoms with van der Waals surface area (Å²) in [6.07, 6.45) is 1.56. The summed E-state index contributed by atoms with van der Waals surface area (Å²) in [5.41, 5.74) is 4.04. The van der Waals surface area contributed by atoms with Gasteiger partial charge in [-0.05, 0) is 60.0 Å². The first-order chi connectivity index (χ1) is 21.9. The van der Waals surface area contributed by atoms with E-state index in [0.717, 1.165) is 16.7 Å². The van der Waals surface area contributed by atoms with Crippen LogP contribution in [-0.4, -0.2) is 28.9 Å². The summed E-state index contributed by atoms with van der Waals surface area (Å²) in [5.74, 6) is -0.371. The molecular weight excluding hydrogens is 588 g/mol. The number of aliphatic hydroxyl groups is 1. The number of benzene rings is 4. The van der Waals surface area contributed by atoms with Crippen molar-refractivity contribution in [2.75, 3.05) is 12.0 Å². The number of methoxy groups -OCH3 is 1. The van der Waals surface area contributed by atoms with Gasteiger partial charge in [0.2, 0.25) is 0 Å². The number of aliphatic hydroxyl groups excluding tert-OH is 1. The van der Waals surface area contributed by atoms with Gasteiger partial charge in [-0.25, -0.2) is 4.98 Å². The summed E-state index contributed by atoms with van der Waals surface area (Å²) >= 11 is 1.22. The Labute approximate surface area is 264 Å². The molecule has 4 aromatic carbocycles.